The largest absolute Gasteiger partial charge is 0.481 e. The summed E-state index contributed by atoms with van der Waals surface area (Å²) >= 11 is 0. The fourth-order valence-electron chi connectivity index (χ4n) is 1.65. The smallest absolute Gasteiger partial charge is 0.321 e. The number of nitrogens with zero attached hydrogens (tertiary/aromatic N) is 1. The van der Waals surface area contributed by atoms with E-state index < -0.39 is 35.2 Å². The molecule has 1 atom stereocenters. The molecule has 24 heavy (non-hydrogen) atoms. The zero-order valence-corrected chi connectivity index (χ0v) is 12.5. The molecule has 128 valence electrons. The number of ether oxygens (including phenoxy) is 2. The summed E-state index contributed by atoms with van der Waals surface area (Å²) in [6.07, 6.45) is 0.507. The number of carboxylic acid groups (broad SMARTS) is 1. The van der Waals surface area contributed by atoms with Gasteiger partial charge in [0.25, 0.3) is 5.69 Å². The van der Waals surface area contributed by atoms with Crippen molar-refractivity contribution in [2.45, 2.75) is 13.0 Å². The summed E-state index contributed by atoms with van der Waals surface area (Å²) in [4.78, 5) is 44.3. The van der Waals surface area contributed by atoms with Crippen LogP contribution in [0, 0.1) is 16.0 Å². The molecule has 0 saturated heterocycles. The van der Waals surface area contributed by atoms with Gasteiger partial charge in [-0.25, -0.2) is 0 Å². The highest BCUT2D eigenvalue weighted by Crippen LogP contribution is 2.14. The van der Waals surface area contributed by atoms with Crippen LogP contribution in [0.2, 0.25) is 0 Å². The molecule has 1 N–H and O–H groups in total. The van der Waals surface area contributed by atoms with E-state index in [1.807, 2.05) is 0 Å². The van der Waals surface area contributed by atoms with Crippen LogP contribution < -0.4 is 0 Å². The van der Waals surface area contributed by atoms with E-state index >= 15 is 0 Å². The van der Waals surface area contributed by atoms with Gasteiger partial charge in [0.05, 0.1) is 11.3 Å². The van der Waals surface area contributed by atoms with Crippen molar-refractivity contribution in [2.24, 2.45) is 5.92 Å². The maximum Gasteiger partial charge on any atom is 0.321 e. The Bertz CT molecular complexity index is 637. The third-order valence-corrected chi connectivity index (χ3v) is 2.82. The Balaban J connectivity index is 2.69. The molecule has 1 aromatic rings. The zero-order valence-electron chi connectivity index (χ0n) is 12.5. The molecule has 0 fully saturated rings. The van der Waals surface area contributed by atoms with Crippen molar-refractivity contribution in [1.82, 2.24) is 0 Å². The lowest BCUT2D eigenvalue weighted by Crippen LogP contribution is -2.30. The van der Waals surface area contributed by atoms with Crippen molar-refractivity contribution >= 4 is 23.6 Å². The number of esters is 2. The molecule has 0 bridgehead atoms. The second-order valence-electron chi connectivity index (χ2n) is 4.60. The van der Waals surface area contributed by atoms with Gasteiger partial charge in [0.2, 0.25) is 0 Å². The topological polar surface area (TPSA) is 133 Å². The van der Waals surface area contributed by atoms with E-state index in [-0.39, 0.29) is 18.9 Å². The van der Waals surface area contributed by atoms with E-state index in [0.717, 1.165) is 0 Å². The lowest BCUT2D eigenvalue weighted by molar-refractivity contribution is -0.384. The van der Waals surface area contributed by atoms with E-state index in [4.69, 9.17) is 9.84 Å². The van der Waals surface area contributed by atoms with Crippen LogP contribution in [-0.2, 0) is 30.5 Å². The van der Waals surface area contributed by atoms with Crippen LogP contribution in [0.25, 0.3) is 0 Å². The summed E-state index contributed by atoms with van der Waals surface area (Å²) in [5.74, 6) is -5.03. The number of carboxylic acids is 1. The summed E-state index contributed by atoms with van der Waals surface area (Å²) < 4.78 is 9.57. The van der Waals surface area contributed by atoms with Gasteiger partial charge in [-0.15, -0.1) is 0 Å². The van der Waals surface area contributed by atoms with Crippen LogP contribution in [-0.4, -0.2) is 34.5 Å². The average Bonchev–Trinajstić information content (AvgIpc) is 2.55. The third kappa shape index (κ3) is 5.87. The van der Waals surface area contributed by atoms with Gasteiger partial charge in [0.1, 0.15) is 13.2 Å². The number of hydrogen-bond donors (Lipinski definition) is 1. The molecule has 0 amide bonds. The van der Waals surface area contributed by atoms with Gasteiger partial charge in [-0.05, 0) is 17.7 Å². The van der Waals surface area contributed by atoms with Crippen molar-refractivity contribution in [3.8, 4) is 0 Å². The Kier molecular flexibility index (Phi) is 7.08. The molecule has 0 aliphatic heterocycles. The molecule has 0 aliphatic carbocycles. The minimum atomic E-state index is -1.60. The first-order chi connectivity index (χ1) is 11.3. The number of nitro benzene ring substituents is 1. The fraction of sp³-hybridized carbons (Fsp3) is 0.267. The zero-order chi connectivity index (χ0) is 18.1. The minimum Gasteiger partial charge on any atom is -0.481 e. The summed E-state index contributed by atoms with van der Waals surface area (Å²) in [6, 6.07) is 5.23. The number of carbonyl (C=O) groups is 3. The molecule has 0 spiro atoms. The van der Waals surface area contributed by atoms with Gasteiger partial charge < -0.3 is 14.6 Å². The molecule has 9 nitrogen and oxygen atoms in total. The number of hydrogen-bond acceptors (Lipinski definition) is 7. The molecule has 9 heteroatoms. The summed E-state index contributed by atoms with van der Waals surface area (Å²) in [5, 5.41) is 19.3. The predicted octanol–water partition coefficient (Wildman–Crippen LogP) is 1.46. The highest BCUT2D eigenvalue weighted by atomic mass is 16.6. The highest BCUT2D eigenvalue weighted by Gasteiger charge is 2.32. The van der Waals surface area contributed by atoms with Crippen molar-refractivity contribution in [3.63, 3.8) is 0 Å². The minimum absolute atomic E-state index is 0.123. The van der Waals surface area contributed by atoms with Gasteiger partial charge in [0.15, 0.2) is 5.92 Å². The first-order valence-electron chi connectivity index (χ1n) is 6.74. The summed E-state index contributed by atoms with van der Waals surface area (Å²) in [7, 11) is 0. The van der Waals surface area contributed by atoms with Crippen molar-refractivity contribution in [2.75, 3.05) is 6.61 Å². The number of rotatable bonds is 9. The first kappa shape index (κ1) is 18.8. The number of benzene rings is 1. The van der Waals surface area contributed by atoms with Crippen LogP contribution >= 0.6 is 0 Å². The maximum atomic E-state index is 11.9. The van der Waals surface area contributed by atoms with Gasteiger partial charge in [-0.1, -0.05) is 12.7 Å². The van der Waals surface area contributed by atoms with Gasteiger partial charge in [-0.3, -0.25) is 24.5 Å². The van der Waals surface area contributed by atoms with E-state index in [0.29, 0.717) is 5.56 Å². The van der Waals surface area contributed by atoms with Crippen LogP contribution in [0.3, 0.4) is 0 Å². The first-order valence-corrected chi connectivity index (χ1v) is 6.74. The molecular weight excluding hydrogens is 322 g/mol. The second-order valence-corrected chi connectivity index (χ2v) is 4.60. The monoisotopic (exact) mass is 337 g/mol. The Morgan fingerprint density at radius 3 is 2.29 bits per heavy atom. The Morgan fingerprint density at radius 2 is 1.79 bits per heavy atom. The molecule has 0 radical (unpaired) electrons. The van der Waals surface area contributed by atoms with Gasteiger partial charge in [0, 0.05) is 12.1 Å². The van der Waals surface area contributed by atoms with Crippen LogP contribution in [0.1, 0.15) is 12.0 Å². The Hall–Kier alpha value is -3.23. The SMILES string of the molecule is C=CCOC(=O)C(CC(=O)O)C(=O)OCc1ccc([N+](=O)[O-])cc1. The molecule has 1 unspecified atom stereocenters. The molecular formula is C15H15NO8. The van der Waals surface area contributed by atoms with Crippen molar-refractivity contribution in [3.05, 3.63) is 52.6 Å². The second kappa shape index (κ2) is 9.03. The van der Waals surface area contributed by atoms with Crippen LogP contribution in [0.15, 0.2) is 36.9 Å². The molecule has 0 saturated carbocycles. The average molecular weight is 337 g/mol. The molecule has 0 aromatic heterocycles. The van der Waals surface area contributed by atoms with E-state index in [1.54, 1.807) is 0 Å². The van der Waals surface area contributed by atoms with Crippen LogP contribution in [0.4, 0.5) is 5.69 Å². The Labute approximate surface area is 136 Å². The Morgan fingerprint density at radius 1 is 1.21 bits per heavy atom. The summed E-state index contributed by atoms with van der Waals surface area (Å²) in [6.45, 7) is 2.91. The summed E-state index contributed by atoms with van der Waals surface area (Å²) in [5.41, 5.74) is 0.323. The molecule has 0 heterocycles. The predicted molar refractivity (Wildman–Crippen MR) is 79.8 cm³/mol. The molecule has 1 rings (SSSR count). The van der Waals surface area contributed by atoms with Crippen LogP contribution in [0.5, 0.6) is 0 Å². The van der Waals surface area contributed by atoms with E-state index in [9.17, 15) is 24.5 Å². The lowest BCUT2D eigenvalue weighted by Gasteiger charge is -2.13. The van der Waals surface area contributed by atoms with Gasteiger partial charge in [-0.2, -0.15) is 0 Å². The van der Waals surface area contributed by atoms with Crippen molar-refractivity contribution < 1.29 is 33.9 Å². The molecule has 1 aromatic carbocycles. The van der Waals surface area contributed by atoms with E-state index in [1.165, 1.54) is 30.3 Å². The number of nitro groups is 1. The maximum absolute atomic E-state index is 11.9. The third-order valence-electron chi connectivity index (χ3n) is 2.82. The highest BCUT2D eigenvalue weighted by molar-refractivity contribution is 5.97. The lowest BCUT2D eigenvalue weighted by atomic mass is 10.1. The normalized spacial score (nSPS) is 11.2. The fourth-order valence-corrected chi connectivity index (χ4v) is 1.65. The number of non-ortho nitro benzene ring substituents is 1. The van der Waals surface area contributed by atoms with Gasteiger partial charge >= 0.3 is 17.9 Å². The standard InChI is InChI=1S/C15H15NO8/c1-2-7-23-14(19)12(8-13(17)18)15(20)24-9-10-3-5-11(6-4-10)16(21)22/h2-6,12H,1,7-9H2,(H,17,18). The number of aliphatic carboxylic acids is 1. The molecule has 0 aliphatic rings. The quantitative estimate of drug-likeness (QED) is 0.235. The van der Waals surface area contributed by atoms with E-state index in [2.05, 4.69) is 11.3 Å². The number of carbonyl (C=O) groups excluding carboxylic acids is 2. The van der Waals surface area contributed by atoms with Crippen molar-refractivity contribution in [1.29, 1.82) is 0 Å².